The van der Waals surface area contributed by atoms with Crippen molar-refractivity contribution in [3.8, 4) is 0 Å². The van der Waals surface area contributed by atoms with Crippen molar-refractivity contribution in [2.75, 3.05) is 40.9 Å². The molecule has 0 saturated heterocycles. The summed E-state index contributed by atoms with van der Waals surface area (Å²) in [5.41, 5.74) is 0. The fourth-order valence-electron chi connectivity index (χ4n) is 6.09. The summed E-state index contributed by atoms with van der Waals surface area (Å²) in [6, 6.07) is -0.863. The summed E-state index contributed by atoms with van der Waals surface area (Å²) in [6.07, 6.45) is 65.8. The minimum atomic E-state index is -4.35. The number of phosphoric ester groups is 1. The Bertz CT molecular complexity index is 1430. The maximum absolute atomic E-state index is 12.8. The number of quaternary nitrogens is 1. The van der Waals surface area contributed by atoms with Gasteiger partial charge in [-0.05, 0) is 89.9 Å². The number of carbonyl (C=O) groups excluding carboxylic acids is 1. The summed E-state index contributed by atoms with van der Waals surface area (Å²) < 4.78 is 23.5. The van der Waals surface area contributed by atoms with Crippen molar-refractivity contribution in [3.05, 3.63) is 122 Å². The maximum atomic E-state index is 12.8. The second kappa shape index (κ2) is 44.1. The van der Waals surface area contributed by atoms with Gasteiger partial charge in [0.2, 0.25) is 5.91 Å². The molecule has 0 heterocycles. The Morgan fingerprint density at radius 2 is 0.952 bits per heavy atom. The normalized spacial score (nSPS) is 15.2. The summed E-state index contributed by atoms with van der Waals surface area (Å²) in [7, 11) is 1.53. The SMILES string of the molecule is CC/C=C\C/C=C\C/C=C\C/C=C\C/C=C\C/C=C\C/C=C\C/C=C\C/C=C\CCCCCCCC(=O)NC(COP(=O)(O)OCC[N+](C)(C)C)C(O)/C=C/CCCCCCCC. The second-order valence-electron chi connectivity index (χ2n) is 17.1. The zero-order valence-corrected chi connectivity index (χ0v) is 41.4. The topological polar surface area (TPSA) is 105 Å². The molecule has 0 aliphatic carbocycles. The number of amides is 1. The average molecular weight is 896 g/mol. The van der Waals surface area contributed by atoms with Crippen LogP contribution in [0, 0.1) is 0 Å². The number of hydrogen-bond donors (Lipinski definition) is 3. The van der Waals surface area contributed by atoms with Crippen LogP contribution in [-0.2, 0) is 18.4 Å². The van der Waals surface area contributed by atoms with Crippen molar-refractivity contribution >= 4 is 13.7 Å². The van der Waals surface area contributed by atoms with Crippen LogP contribution in [0.3, 0.4) is 0 Å². The molecule has 0 bridgehead atoms. The molecule has 9 heteroatoms. The summed E-state index contributed by atoms with van der Waals surface area (Å²) >= 11 is 0. The van der Waals surface area contributed by atoms with Crippen molar-refractivity contribution in [2.45, 2.75) is 174 Å². The van der Waals surface area contributed by atoms with Crippen molar-refractivity contribution in [2.24, 2.45) is 0 Å². The third-order valence-corrected chi connectivity index (χ3v) is 10.9. The Hall–Kier alpha value is -3.10. The quantitative estimate of drug-likeness (QED) is 0.0244. The molecule has 3 atom stereocenters. The van der Waals surface area contributed by atoms with Gasteiger partial charge in [0, 0.05) is 6.42 Å². The van der Waals surface area contributed by atoms with Crippen LogP contribution in [0.2, 0.25) is 0 Å². The summed E-state index contributed by atoms with van der Waals surface area (Å²) in [6.45, 7) is 4.60. The number of hydrogen-bond acceptors (Lipinski definition) is 5. The van der Waals surface area contributed by atoms with E-state index in [4.69, 9.17) is 9.05 Å². The van der Waals surface area contributed by atoms with Gasteiger partial charge >= 0.3 is 7.82 Å². The fourth-order valence-corrected chi connectivity index (χ4v) is 6.83. The first kappa shape index (κ1) is 59.9. The van der Waals surface area contributed by atoms with Crippen molar-refractivity contribution in [1.29, 1.82) is 0 Å². The monoisotopic (exact) mass is 896 g/mol. The van der Waals surface area contributed by atoms with Gasteiger partial charge in [-0.15, -0.1) is 0 Å². The van der Waals surface area contributed by atoms with Gasteiger partial charge in [-0.1, -0.05) is 187 Å². The standard InChI is InChI=1S/C54H91N2O6P/c1-6-8-10-12-14-16-17-18-19-20-21-22-23-24-25-26-27-28-29-30-31-32-33-34-35-36-37-38-39-40-42-44-46-48-54(58)55-52(51-62-63(59,60)61-50-49-56(3,4)5)53(57)47-45-43-41-15-13-11-9-7-2/h8,10,14,16,18-19,21-22,24-25,27-28,30-31,33-34,36-37,45,47,52-53,57H,6-7,9,11-13,15,17,20,23,26,29,32,35,38-44,46,48-51H2,1-5H3,(H-,55,58,59,60)/p+1/b10-8-,16-14-,19-18-,22-21-,25-24-,28-27-,31-30-,34-33-,37-36-,47-45+. The zero-order chi connectivity index (χ0) is 46.4. The van der Waals surface area contributed by atoms with Crippen LogP contribution in [0.1, 0.15) is 162 Å². The Morgan fingerprint density at radius 3 is 1.40 bits per heavy atom. The van der Waals surface area contributed by atoms with Gasteiger partial charge < -0.3 is 19.8 Å². The molecule has 8 nitrogen and oxygen atoms in total. The van der Waals surface area contributed by atoms with Gasteiger partial charge in [0.05, 0.1) is 39.9 Å². The third-order valence-electron chi connectivity index (χ3n) is 9.94. The molecule has 0 rings (SSSR count). The molecule has 63 heavy (non-hydrogen) atoms. The first-order valence-electron chi connectivity index (χ1n) is 24.4. The minimum absolute atomic E-state index is 0.0500. The highest BCUT2D eigenvalue weighted by molar-refractivity contribution is 7.47. The van der Waals surface area contributed by atoms with Crippen LogP contribution in [0.15, 0.2) is 122 Å². The number of unbranched alkanes of at least 4 members (excludes halogenated alkanes) is 11. The lowest BCUT2D eigenvalue weighted by Gasteiger charge is -2.25. The molecule has 0 radical (unpaired) electrons. The number of aliphatic hydroxyl groups excluding tert-OH is 1. The molecule has 358 valence electrons. The Labute approximate surface area is 386 Å². The molecule has 0 saturated carbocycles. The molecule has 0 spiro atoms. The number of likely N-dealkylation sites (N-methyl/N-ethyl adjacent to an activating group) is 1. The molecule has 0 aromatic rings. The van der Waals surface area contributed by atoms with Crippen LogP contribution in [0.4, 0.5) is 0 Å². The average Bonchev–Trinajstić information content (AvgIpc) is 3.24. The van der Waals surface area contributed by atoms with Gasteiger partial charge in [-0.25, -0.2) is 4.57 Å². The highest BCUT2D eigenvalue weighted by Gasteiger charge is 2.27. The maximum Gasteiger partial charge on any atom is 0.472 e. The van der Waals surface area contributed by atoms with Gasteiger partial charge in [0.1, 0.15) is 13.2 Å². The van der Waals surface area contributed by atoms with Crippen molar-refractivity contribution in [3.63, 3.8) is 0 Å². The van der Waals surface area contributed by atoms with Crippen molar-refractivity contribution < 1.29 is 32.9 Å². The number of rotatable bonds is 42. The number of carbonyl (C=O) groups is 1. The Kier molecular flexibility index (Phi) is 41.9. The smallest absolute Gasteiger partial charge is 0.387 e. The van der Waals surface area contributed by atoms with E-state index >= 15 is 0 Å². The largest absolute Gasteiger partial charge is 0.472 e. The number of aliphatic hydroxyl groups is 1. The zero-order valence-electron chi connectivity index (χ0n) is 40.5. The summed E-state index contributed by atoms with van der Waals surface area (Å²) in [5.74, 6) is -0.206. The molecular weight excluding hydrogens is 804 g/mol. The highest BCUT2D eigenvalue weighted by Crippen LogP contribution is 2.43. The number of nitrogens with one attached hydrogen (secondary N) is 1. The van der Waals surface area contributed by atoms with Crippen LogP contribution in [-0.4, -0.2) is 73.4 Å². The lowest BCUT2D eigenvalue weighted by atomic mass is 10.1. The number of phosphoric acid groups is 1. The van der Waals surface area contributed by atoms with E-state index in [0.717, 1.165) is 116 Å². The third kappa shape index (κ3) is 46.7. The van der Waals surface area contributed by atoms with E-state index in [1.165, 1.54) is 25.7 Å². The predicted molar refractivity (Wildman–Crippen MR) is 272 cm³/mol. The number of nitrogens with zero attached hydrogens (tertiary/aromatic N) is 1. The van der Waals surface area contributed by atoms with E-state index in [1.807, 2.05) is 27.2 Å². The van der Waals surface area contributed by atoms with Crippen LogP contribution in [0.25, 0.3) is 0 Å². The fraction of sp³-hybridized carbons (Fsp3) is 0.611. The molecular formula is C54H92N2O6P+. The van der Waals surface area contributed by atoms with Crippen LogP contribution >= 0.6 is 7.82 Å². The molecule has 3 unspecified atom stereocenters. The second-order valence-corrected chi connectivity index (χ2v) is 18.6. The Morgan fingerprint density at radius 1 is 0.556 bits per heavy atom. The van der Waals surface area contributed by atoms with Crippen LogP contribution in [0.5, 0.6) is 0 Å². The lowest BCUT2D eigenvalue weighted by Crippen LogP contribution is -2.45. The van der Waals surface area contributed by atoms with E-state index in [1.54, 1.807) is 6.08 Å². The molecule has 0 aromatic heterocycles. The Balaban J connectivity index is 4.19. The first-order valence-corrected chi connectivity index (χ1v) is 25.9. The van der Waals surface area contributed by atoms with E-state index in [2.05, 4.69) is 129 Å². The van der Waals surface area contributed by atoms with Gasteiger partial charge in [-0.2, -0.15) is 0 Å². The van der Waals surface area contributed by atoms with Crippen LogP contribution < -0.4 is 5.32 Å². The minimum Gasteiger partial charge on any atom is -0.387 e. The molecule has 1 amide bonds. The molecule has 0 aliphatic heterocycles. The first-order chi connectivity index (χ1) is 30.5. The van der Waals surface area contributed by atoms with Gasteiger partial charge in [-0.3, -0.25) is 13.8 Å². The summed E-state index contributed by atoms with van der Waals surface area (Å²) in [4.78, 5) is 23.1. The highest BCUT2D eigenvalue weighted by atomic mass is 31.2. The van der Waals surface area contributed by atoms with Gasteiger partial charge in [0.15, 0.2) is 0 Å². The summed E-state index contributed by atoms with van der Waals surface area (Å²) in [5, 5.41) is 13.7. The molecule has 3 N–H and O–H groups in total. The van der Waals surface area contributed by atoms with E-state index < -0.39 is 20.0 Å². The molecule has 0 aliphatic rings. The number of allylic oxidation sites excluding steroid dienone is 19. The van der Waals surface area contributed by atoms with Crippen molar-refractivity contribution in [1.82, 2.24) is 5.32 Å². The predicted octanol–water partition coefficient (Wildman–Crippen LogP) is 14.2. The molecule has 0 aromatic carbocycles. The van der Waals surface area contributed by atoms with E-state index in [0.29, 0.717) is 17.4 Å². The van der Waals surface area contributed by atoms with Gasteiger partial charge in [0.25, 0.3) is 0 Å². The molecule has 0 fully saturated rings. The van der Waals surface area contributed by atoms with E-state index in [9.17, 15) is 19.4 Å². The lowest BCUT2D eigenvalue weighted by molar-refractivity contribution is -0.870. The van der Waals surface area contributed by atoms with E-state index in [-0.39, 0.29) is 19.1 Å².